The van der Waals surface area contributed by atoms with Gasteiger partial charge >= 0.3 is 0 Å². The van der Waals surface area contributed by atoms with Crippen molar-refractivity contribution < 1.29 is 18.0 Å². The van der Waals surface area contributed by atoms with E-state index in [4.69, 9.17) is 4.98 Å². The molecular weight excluding hydrogens is 471 g/mol. The van der Waals surface area contributed by atoms with E-state index in [1.807, 2.05) is 0 Å². The monoisotopic (exact) mass is 495 g/mol. The minimum atomic E-state index is -1.64. The Kier molecular flexibility index (Phi) is 7.13. The smallest absolute Gasteiger partial charge is 0.263 e. The number of rotatable bonds is 7. The lowest BCUT2D eigenvalue weighted by molar-refractivity contribution is -0.113. The summed E-state index contributed by atoms with van der Waals surface area (Å²) < 4.78 is 42.0. The van der Waals surface area contributed by atoms with E-state index in [2.05, 4.69) is 19.2 Å². The third-order valence-corrected chi connectivity index (χ3v) is 7.77. The average molecular weight is 496 g/mol. The second-order valence-corrected chi connectivity index (χ2v) is 10.5. The fourth-order valence-corrected chi connectivity index (χ4v) is 5.98. The zero-order chi connectivity index (χ0) is 23.7. The molecular formula is C23H24F3N3O2S2. The van der Waals surface area contributed by atoms with Gasteiger partial charge in [-0.15, -0.1) is 11.3 Å². The van der Waals surface area contributed by atoms with Crippen LogP contribution in [0.1, 0.15) is 43.6 Å². The van der Waals surface area contributed by atoms with Gasteiger partial charge in [-0.1, -0.05) is 25.6 Å². The van der Waals surface area contributed by atoms with Gasteiger partial charge < -0.3 is 5.32 Å². The molecule has 0 unspecified atom stereocenters. The molecule has 1 aliphatic rings. The summed E-state index contributed by atoms with van der Waals surface area (Å²) in [5.74, 6) is -4.82. The first-order chi connectivity index (χ1) is 15.8. The molecule has 2 heterocycles. The number of carbonyl (C=O) groups excluding carboxylic acids is 1. The number of hydrogen-bond donors (Lipinski definition) is 1. The summed E-state index contributed by atoms with van der Waals surface area (Å²) in [6, 6.07) is 1.72. The number of carbonyl (C=O) groups is 1. The number of thiophene rings is 1. The molecule has 1 aromatic carbocycles. The molecule has 1 amide bonds. The topological polar surface area (TPSA) is 64.0 Å². The van der Waals surface area contributed by atoms with Crippen molar-refractivity contribution >= 4 is 44.9 Å². The van der Waals surface area contributed by atoms with Gasteiger partial charge in [0.2, 0.25) is 5.91 Å². The molecule has 2 aromatic heterocycles. The minimum Gasteiger partial charge on any atom is -0.323 e. The van der Waals surface area contributed by atoms with Gasteiger partial charge in [0.15, 0.2) is 22.6 Å². The Balaban J connectivity index is 1.60. The van der Waals surface area contributed by atoms with Crippen molar-refractivity contribution in [2.75, 3.05) is 11.1 Å². The van der Waals surface area contributed by atoms with E-state index in [1.54, 1.807) is 4.57 Å². The average Bonchev–Trinajstić information content (AvgIpc) is 3.16. The van der Waals surface area contributed by atoms with Crippen molar-refractivity contribution in [2.24, 2.45) is 5.92 Å². The van der Waals surface area contributed by atoms with Gasteiger partial charge in [0.05, 0.1) is 16.8 Å². The highest BCUT2D eigenvalue weighted by Crippen LogP contribution is 2.35. The molecule has 3 aromatic rings. The maximum absolute atomic E-state index is 13.9. The van der Waals surface area contributed by atoms with Gasteiger partial charge in [-0.3, -0.25) is 14.2 Å². The molecule has 5 nitrogen and oxygen atoms in total. The van der Waals surface area contributed by atoms with Crippen molar-refractivity contribution in [1.29, 1.82) is 0 Å². The van der Waals surface area contributed by atoms with Crippen LogP contribution in [0.15, 0.2) is 22.1 Å². The first-order valence-electron chi connectivity index (χ1n) is 10.9. The van der Waals surface area contributed by atoms with Crippen molar-refractivity contribution in [3.8, 4) is 0 Å². The number of aryl methyl sites for hydroxylation is 2. The molecule has 0 atom stereocenters. The number of thioether (sulfide) groups is 1. The standard InChI is InChI=1S/C23H24F3N3O2S2/c1-12(2)9-10-29-22(31)18-13-5-3-4-6-16(13)33-21(18)28-23(29)32-11-17(30)27-15-8-7-14(24)19(25)20(15)26/h7-8,12H,3-6,9-11H2,1-2H3,(H,27,30). The van der Waals surface area contributed by atoms with Gasteiger partial charge in [-0.2, -0.15) is 0 Å². The number of amides is 1. The molecule has 176 valence electrons. The van der Waals surface area contributed by atoms with E-state index in [1.165, 1.54) is 16.2 Å². The Morgan fingerprint density at radius 1 is 1.21 bits per heavy atom. The van der Waals surface area contributed by atoms with Gasteiger partial charge in [0.25, 0.3) is 5.56 Å². The molecule has 0 bridgehead atoms. The summed E-state index contributed by atoms with van der Waals surface area (Å²) >= 11 is 2.61. The van der Waals surface area contributed by atoms with Gasteiger partial charge in [-0.25, -0.2) is 18.2 Å². The minimum absolute atomic E-state index is 0.0883. The van der Waals surface area contributed by atoms with Gasteiger partial charge in [-0.05, 0) is 55.7 Å². The summed E-state index contributed by atoms with van der Waals surface area (Å²) in [7, 11) is 0. The Labute approximate surface area is 197 Å². The number of fused-ring (bicyclic) bond motifs is 3. The Bertz CT molecular complexity index is 1270. The number of nitrogens with zero attached hydrogens (tertiary/aromatic N) is 2. The molecule has 0 saturated heterocycles. The molecule has 0 fully saturated rings. The Morgan fingerprint density at radius 2 is 1.97 bits per heavy atom. The van der Waals surface area contributed by atoms with Crippen LogP contribution in [-0.2, 0) is 24.2 Å². The predicted octanol–water partition coefficient (Wildman–Crippen LogP) is 5.53. The van der Waals surface area contributed by atoms with Gasteiger partial charge in [0, 0.05) is 11.4 Å². The van der Waals surface area contributed by atoms with E-state index in [0.29, 0.717) is 27.8 Å². The number of halogens is 3. The molecule has 0 radical (unpaired) electrons. The van der Waals surface area contributed by atoms with Crippen molar-refractivity contribution in [3.05, 3.63) is 50.4 Å². The number of hydrogen-bond acceptors (Lipinski definition) is 5. The molecule has 0 spiro atoms. The first kappa shape index (κ1) is 23.8. The fourth-order valence-electron chi connectivity index (χ4n) is 3.85. The molecule has 1 aliphatic carbocycles. The number of anilines is 1. The van der Waals surface area contributed by atoms with Crippen molar-refractivity contribution in [2.45, 2.75) is 57.7 Å². The van der Waals surface area contributed by atoms with E-state index in [-0.39, 0.29) is 11.3 Å². The number of benzene rings is 1. The van der Waals surface area contributed by atoms with Crippen LogP contribution in [-0.4, -0.2) is 21.2 Å². The summed E-state index contributed by atoms with van der Waals surface area (Å²) in [5, 5.41) is 3.37. The zero-order valence-electron chi connectivity index (χ0n) is 18.3. The third-order valence-electron chi connectivity index (χ3n) is 5.61. The number of aromatic nitrogens is 2. The van der Waals surface area contributed by atoms with Crippen LogP contribution in [0.25, 0.3) is 10.2 Å². The quantitative estimate of drug-likeness (QED) is 0.266. The van der Waals surface area contributed by atoms with Gasteiger partial charge in [0.1, 0.15) is 4.83 Å². The van der Waals surface area contributed by atoms with Crippen LogP contribution in [0.4, 0.5) is 18.9 Å². The van der Waals surface area contributed by atoms with Crippen LogP contribution < -0.4 is 10.9 Å². The lowest BCUT2D eigenvalue weighted by atomic mass is 9.97. The normalized spacial score (nSPS) is 13.5. The van der Waals surface area contributed by atoms with Crippen LogP contribution in [0.5, 0.6) is 0 Å². The van der Waals surface area contributed by atoms with Crippen LogP contribution >= 0.6 is 23.1 Å². The lowest BCUT2D eigenvalue weighted by Gasteiger charge is -2.14. The zero-order valence-corrected chi connectivity index (χ0v) is 20.0. The van der Waals surface area contributed by atoms with E-state index >= 15 is 0 Å². The fraction of sp³-hybridized carbons (Fsp3) is 0.435. The number of nitrogens with one attached hydrogen (secondary N) is 1. The highest BCUT2D eigenvalue weighted by molar-refractivity contribution is 7.99. The van der Waals surface area contributed by atoms with E-state index in [9.17, 15) is 22.8 Å². The molecule has 0 aliphatic heterocycles. The largest absolute Gasteiger partial charge is 0.323 e. The highest BCUT2D eigenvalue weighted by atomic mass is 32.2. The summed E-state index contributed by atoms with van der Waals surface area (Å²) in [6.45, 7) is 4.62. The van der Waals surface area contributed by atoms with Crippen molar-refractivity contribution in [1.82, 2.24) is 9.55 Å². The second kappa shape index (κ2) is 9.89. The van der Waals surface area contributed by atoms with Crippen LogP contribution in [0.2, 0.25) is 0 Å². The Hall–Kier alpha value is -2.33. The third kappa shape index (κ3) is 4.96. The lowest BCUT2D eigenvalue weighted by Crippen LogP contribution is -2.25. The molecule has 0 saturated carbocycles. The maximum Gasteiger partial charge on any atom is 0.263 e. The maximum atomic E-state index is 13.9. The first-order valence-corrected chi connectivity index (χ1v) is 12.7. The molecule has 33 heavy (non-hydrogen) atoms. The summed E-state index contributed by atoms with van der Waals surface area (Å²) in [6.07, 6.45) is 4.77. The summed E-state index contributed by atoms with van der Waals surface area (Å²) in [5.41, 5.74) is 0.584. The second-order valence-electron chi connectivity index (χ2n) is 8.48. The molecule has 10 heteroatoms. The highest BCUT2D eigenvalue weighted by Gasteiger charge is 2.23. The van der Waals surface area contributed by atoms with E-state index < -0.39 is 29.0 Å². The summed E-state index contributed by atoms with van der Waals surface area (Å²) in [4.78, 5) is 32.4. The SMILES string of the molecule is CC(C)CCn1c(SCC(=O)Nc2ccc(F)c(F)c2F)nc2sc3c(c2c1=O)CCCC3. The Morgan fingerprint density at radius 3 is 2.73 bits per heavy atom. The van der Waals surface area contributed by atoms with E-state index in [0.717, 1.165) is 61.6 Å². The van der Waals surface area contributed by atoms with Crippen molar-refractivity contribution in [3.63, 3.8) is 0 Å². The van der Waals surface area contributed by atoms with Crippen LogP contribution in [0, 0.1) is 23.4 Å². The van der Waals surface area contributed by atoms with Crippen LogP contribution in [0.3, 0.4) is 0 Å². The predicted molar refractivity (Wildman–Crippen MR) is 126 cm³/mol. The molecule has 4 rings (SSSR count). The molecule has 1 N–H and O–H groups in total.